The normalized spacial score (nSPS) is 18.4. The molecule has 1 aliphatic heterocycles. The summed E-state index contributed by atoms with van der Waals surface area (Å²) in [5.74, 6) is -0.344. The standard InChI is InChI=1S/C25H33N5O5S2/c1-17(16-34-3)35-28-23(19-4-6-21(7-5-19)37(33)22-8-9-22)24(32)27-25-26-14-20(36-25)15-29-10-12-30(13-11-29)18(2)31/h4-7,14,17,22H,8-13,15-16H2,1-3H3,(H,26,27,32)/b28-23+/t17-,37?/m1/s1. The summed E-state index contributed by atoms with van der Waals surface area (Å²) in [5, 5.41) is 7.67. The van der Waals surface area contributed by atoms with Crippen LogP contribution in [0, 0.1) is 0 Å². The number of thiazole rings is 1. The van der Waals surface area contributed by atoms with E-state index in [1.54, 1.807) is 51.4 Å². The van der Waals surface area contributed by atoms with Gasteiger partial charge in [0, 0.05) is 73.5 Å². The van der Waals surface area contributed by atoms with Gasteiger partial charge in [0.15, 0.2) is 10.8 Å². The molecule has 1 unspecified atom stereocenters. The van der Waals surface area contributed by atoms with E-state index in [4.69, 9.17) is 9.57 Å². The number of oxime groups is 1. The molecule has 2 aliphatic rings. The largest absolute Gasteiger partial charge is 0.390 e. The lowest BCUT2D eigenvalue weighted by Gasteiger charge is -2.33. The minimum absolute atomic E-state index is 0.101. The predicted molar refractivity (Wildman–Crippen MR) is 143 cm³/mol. The maximum Gasteiger partial charge on any atom is 0.280 e. The number of hydrogen-bond acceptors (Lipinski definition) is 9. The topological polar surface area (TPSA) is 113 Å². The molecule has 2 fully saturated rings. The Kier molecular flexibility index (Phi) is 9.41. The van der Waals surface area contributed by atoms with Crippen LogP contribution in [0.1, 0.15) is 37.1 Å². The Hall–Kier alpha value is -2.67. The molecule has 2 aromatic rings. The van der Waals surface area contributed by atoms with Crippen molar-refractivity contribution in [1.82, 2.24) is 14.8 Å². The van der Waals surface area contributed by atoms with Crippen molar-refractivity contribution < 1.29 is 23.4 Å². The zero-order valence-electron chi connectivity index (χ0n) is 21.3. The van der Waals surface area contributed by atoms with Gasteiger partial charge in [-0.25, -0.2) is 4.98 Å². The number of nitrogens with zero attached hydrogens (tertiary/aromatic N) is 4. The second kappa shape index (κ2) is 12.7. The van der Waals surface area contributed by atoms with Crippen molar-refractivity contribution in [2.75, 3.05) is 45.2 Å². The van der Waals surface area contributed by atoms with Crippen LogP contribution >= 0.6 is 11.3 Å². The molecule has 1 saturated heterocycles. The van der Waals surface area contributed by atoms with Crippen LogP contribution in [0.5, 0.6) is 0 Å². The number of nitrogens with one attached hydrogen (secondary N) is 1. The van der Waals surface area contributed by atoms with Gasteiger partial charge in [0.25, 0.3) is 5.91 Å². The van der Waals surface area contributed by atoms with Crippen LogP contribution in [0.4, 0.5) is 5.13 Å². The van der Waals surface area contributed by atoms with Crippen molar-refractivity contribution in [3.05, 3.63) is 40.9 Å². The molecule has 12 heteroatoms. The quantitative estimate of drug-likeness (QED) is 0.340. The zero-order valence-corrected chi connectivity index (χ0v) is 23.0. The highest BCUT2D eigenvalue weighted by Gasteiger charge is 2.29. The number of rotatable bonds is 11. The van der Waals surface area contributed by atoms with Gasteiger partial charge in [0.1, 0.15) is 6.10 Å². The second-order valence-electron chi connectivity index (χ2n) is 9.20. The van der Waals surface area contributed by atoms with Gasteiger partial charge in [-0.15, -0.1) is 11.3 Å². The van der Waals surface area contributed by atoms with Crippen molar-refractivity contribution in [3.63, 3.8) is 0 Å². The van der Waals surface area contributed by atoms with Crippen LogP contribution < -0.4 is 5.32 Å². The van der Waals surface area contributed by atoms with Gasteiger partial charge < -0.3 is 14.5 Å². The molecule has 0 bridgehead atoms. The van der Waals surface area contributed by atoms with Gasteiger partial charge in [-0.2, -0.15) is 0 Å². The summed E-state index contributed by atoms with van der Waals surface area (Å²) in [7, 11) is 0.542. The number of hydrogen-bond donors (Lipinski definition) is 1. The van der Waals surface area contributed by atoms with Crippen LogP contribution in [0.2, 0.25) is 0 Å². The zero-order chi connectivity index (χ0) is 26.4. The predicted octanol–water partition coefficient (Wildman–Crippen LogP) is 2.47. The molecule has 1 aromatic carbocycles. The van der Waals surface area contributed by atoms with E-state index in [0.717, 1.165) is 35.7 Å². The molecule has 1 N–H and O–H groups in total. The fourth-order valence-electron chi connectivity index (χ4n) is 3.89. The van der Waals surface area contributed by atoms with E-state index in [0.29, 0.717) is 36.9 Å². The lowest BCUT2D eigenvalue weighted by molar-refractivity contribution is -0.130. The Morgan fingerprint density at radius 2 is 1.92 bits per heavy atom. The highest BCUT2D eigenvalue weighted by Crippen LogP contribution is 2.30. The molecule has 1 saturated carbocycles. The summed E-state index contributed by atoms with van der Waals surface area (Å²) >= 11 is 1.40. The van der Waals surface area contributed by atoms with Gasteiger partial charge >= 0.3 is 0 Å². The first-order valence-corrected chi connectivity index (χ1v) is 14.3. The van der Waals surface area contributed by atoms with E-state index in [1.807, 2.05) is 4.90 Å². The molecule has 1 aromatic heterocycles. The molecular weight excluding hydrogens is 514 g/mol. The van der Waals surface area contributed by atoms with E-state index in [1.165, 1.54) is 11.3 Å². The number of carbonyl (C=O) groups excluding carboxylic acids is 2. The van der Waals surface area contributed by atoms with Gasteiger partial charge in [-0.1, -0.05) is 17.3 Å². The summed E-state index contributed by atoms with van der Waals surface area (Å²) < 4.78 is 17.6. The molecule has 37 heavy (non-hydrogen) atoms. The van der Waals surface area contributed by atoms with Crippen molar-refractivity contribution >= 4 is 44.8 Å². The molecule has 10 nitrogen and oxygen atoms in total. The highest BCUT2D eigenvalue weighted by molar-refractivity contribution is 7.86. The maximum atomic E-state index is 13.2. The Morgan fingerprint density at radius 1 is 1.22 bits per heavy atom. The van der Waals surface area contributed by atoms with Crippen LogP contribution in [0.25, 0.3) is 0 Å². The highest BCUT2D eigenvalue weighted by atomic mass is 32.2. The van der Waals surface area contributed by atoms with E-state index in [-0.39, 0.29) is 23.0 Å². The number of benzene rings is 1. The van der Waals surface area contributed by atoms with E-state index in [2.05, 4.69) is 20.4 Å². The van der Waals surface area contributed by atoms with Crippen LogP contribution in [-0.2, 0) is 36.5 Å². The monoisotopic (exact) mass is 547 g/mol. The van der Waals surface area contributed by atoms with Crippen molar-refractivity contribution in [2.45, 2.75) is 49.5 Å². The number of methoxy groups -OCH3 is 1. The Morgan fingerprint density at radius 3 is 2.54 bits per heavy atom. The first-order chi connectivity index (χ1) is 17.8. The number of amides is 2. The number of ether oxygens (including phenoxy) is 1. The summed E-state index contributed by atoms with van der Waals surface area (Å²) in [5.41, 5.74) is 0.655. The lowest BCUT2D eigenvalue weighted by atomic mass is 10.1. The number of piperazine rings is 1. The first-order valence-electron chi connectivity index (χ1n) is 12.3. The summed E-state index contributed by atoms with van der Waals surface area (Å²) in [6.07, 6.45) is 3.38. The Balaban J connectivity index is 1.42. The van der Waals surface area contributed by atoms with Crippen LogP contribution in [0.15, 0.2) is 40.5 Å². The van der Waals surface area contributed by atoms with Crippen LogP contribution in [0.3, 0.4) is 0 Å². The number of aromatic nitrogens is 1. The van der Waals surface area contributed by atoms with Gasteiger partial charge in [-0.3, -0.25) is 24.0 Å². The van der Waals surface area contributed by atoms with Crippen molar-refractivity contribution in [2.24, 2.45) is 5.16 Å². The summed E-state index contributed by atoms with van der Waals surface area (Å²) in [4.78, 5) is 40.5. The average molecular weight is 548 g/mol. The molecule has 1 aliphatic carbocycles. The number of anilines is 1. The molecule has 2 heterocycles. The third kappa shape index (κ3) is 7.67. The third-order valence-electron chi connectivity index (χ3n) is 6.10. The van der Waals surface area contributed by atoms with Crippen LogP contribution in [-0.4, -0.2) is 87.8 Å². The van der Waals surface area contributed by atoms with E-state index in [9.17, 15) is 13.8 Å². The van der Waals surface area contributed by atoms with Gasteiger partial charge in [0.2, 0.25) is 5.91 Å². The summed E-state index contributed by atoms with van der Waals surface area (Å²) in [6.45, 7) is 7.46. The SMILES string of the molecule is COC[C@@H](C)O/N=C(/C(=O)Nc1ncc(CN2CCN(C(C)=O)CC2)s1)c1ccc(S(=O)C2CC2)cc1. The fourth-order valence-corrected chi connectivity index (χ4v) is 6.09. The first kappa shape index (κ1) is 27.4. The maximum absolute atomic E-state index is 13.2. The molecule has 0 radical (unpaired) electrons. The minimum atomic E-state index is -1.03. The molecule has 2 amide bonds. The summed E-state index contributed by atoms with van der Waals surface area (Å²) in [6, 6.07) is 7.04. The third-order valence-corrected chi connectivity index (χ3v) is 8.81. The Labute approximate surface area is 223 Å². The fraction of sp³-hybridized carbons (Fsp3) is 0.520. The van der Waals surface area contributed by atoms with Crippen molar-refractivity contribution in [3.8, 4) is 0 Å². The molecule has 2 atom stereocenters. The van der Waals surface area contributed by atoms with Gasteiger partial charge in [0.05, 0.1) is 17.4 Å². The van der Waals surface area contributed by atoms with Crippen molar-refractivity contribution in [1.29, 1.82) is 0 Å². The van der Waals surface area contributed by atoms with Gasteiger partial charge in [-0.05, 0) is 31.9 Å². The number of carbonyl (C=O) groups is 2. The Bertz CT molecular complexity index is 1140. The molecule has 200 valence electrons. The minimum Gasteiger partial charge on any atom is -0.390 e. The second-order valence-corrected chi connectivity index (χ2v) is 12.0. The smallest absolute Gasteiger partial charge is 0.280 e. The van der Waals surface area contributed by atoms with E-state index >= 15 is 0 Å². The lowest BCUT2D eigenvalue weighted by Crippen LogP contribution is -2.47. The molecular formula is C25H33N5O5S2. The molecule has 0 spiro atoms. The average Bonchev–Trinajstić information content (AvgIpc) is 3.65. The van der Waals surface area contributed by atoms with E-state index < -0.39 is 16.7 Å². The molecule has 4 rings (SSSR count).